The molecule has 1 aliphatic carbocycles. The van der Waals surface area contributed by atoms with Crippen LogP contribution in [0, 0.1) is 0 Å². The van der Waals surface area contributed by atoms with Crippen LogP contribution in [0.15, 0.2) is 48.5 Å². The number of benzene rings is 2. The number of thiocarbonyl (C=S) groups is 1. The van der Waals surface area contributed by atoms with Crippen molar-refractivity contribution in [3.05, 3.63) is 65.2 Å². The van der Waals surface area contributed by atoms with Crippen LogP contribution in [0.2, 0.25) is 0 Å². The van der Waals surface area contributed by atoms with Crippen LogP contribution in [0.1, 0.15) is 42.5 Å². The number of fused-ring (bicyclic) bond motifs is 1. The predicted octanol–water partition coefficient (Wildman–Crippen LogP) is 4.61. The second kappa shape index (κ2) is 6.93. The van der Waals surface area contributed by atoms with Crippen molar-refractivity contribution in [3.8, 4) is 0 Å². The van der Waals surface area contributed by atoms with E-state index in [1.54, 1.807) is 0 Å². The molecule has 0 spiro atoms. The van der Waals surface area contributed by atoms with Crippen LogP contribution >= 0.6 is 12.2 Å². The molecule has 0 radical (unpaired) electrons. The Hall–Kier alpha value is -1.87. The first-order valence-corrected chi connectivity index (χ1v) is 8.41. The SMILES string of the molecule is CCc1cccc(NC(=S)N[C@@H]2CCCc3ccccc32)c1. The molecule has 2 nitrogen and oxygen atoms in total. The zero-order chi connectivity index (χ0) is 15.4. The molecular formula is C19H22N2S. The highest BCUT2D eigenvalue weighted by Crippen LogP contribution is 2.29. The van der Waals surface area contributed by atoms with Crippen molar-refractivity contribution >= 4 is 23.0 Å². The summed E-state index contributed by atoms with van der Waals surface area (Å²) in [6, 6.07) is 17.4. The Morgan fingerprint density at radius 2 is 2.05 bits per heavy atom. The summed E-state index contributed by atoms with van der Waals surface area (Å²) >= 11 is 5.50. The Morgan fingerprint density at radius 3 is 2.91 bits per heavy atom. The van der Waals surface area contributed by atoms with Gasteiger partial charge in [0.2, 0.25) is 0 Å². The van der Waals surface area contributed by atoms with E-state index in [2.05, 4.69) is 66.1 Å². The number of aryl methyl sites for hydroxylation is 2. The fourth-order valence-electron chi connectivity index (χ4n) is 3.10. The lowest BCUT2D eigenvalue weighted by atomic mass is 9.88. The van der Waals surface area contributed by atoms with E-state index < -0.39 is 0 Å². The van der Waals surface area contributed by atoms with Crippen molar-refractivity contribution in [2.45, 2.75) is 38.6 Å². The first-order valence-electron chi connectivity index (χ1n) is 8.00. The van der Waals surface area contributed by atoms with E-state index in [9.17, 15) is 0 Å². The van der Waals surface area contributed by atoms with E-state index in [-0.39, 0.29) is 0 Å². The van der Waals surface area contributed by atoms with E-state index in [1.807, 2.05) is 0 Å². The van der Waals surface area contributed by atoms with Gasteiger partial charge >= 0.3 is 0 Å². The molecule has 0 saturated carbocycles. The fourth-order valence-corrected chi connectivity index (χ4v) is 3.36. The monoisotopic (exact) mass is 310 g/mol. The molecule has 0 unspecified atom stereocenters. The molecular weight excluding hydrogens is 288 g/mol. The van der Waals surface area contributed by atoms with Gasteiger partial charge in [0.1, 0.15) is 0 Å². The lowest BCUT2D eigenvalue weighted by Gasteiger charge is -2.27. The topological polar surface area (TPSA) is 24.1 Å². The van der Waals surface area contributed by atoms with Gasteiger partial charge in [-0.05, 0) is 66.7 Å². The minimum absolute atomic E-state index is 0.319. The van der Waals surface area contributed by atoms with Crippen molar-refractivity contribution in [1.82, 2.24) is 5.32 Å². The van der Waals surface area contributed by atoms with E-state index in [1.165, 1.54) is 29.5 Å². The Kier molecular flexibility index (Phi) is 4.74. The van der Waals surface area contributed by atoms with Crippen molar-refractivity contribution < 1.29 is 0 Å². The summed E-state index contributed by atoms with van der Waals surface area (Å²) in [4.78, 5) is 0. The Balaban J connectivity index is 1.67. The summed E-state index contributed by atoms with van der Waals surface area (Å²) in [5, 5.41) is 7.50. The highest BCUT2D eigenvalue weighted by molar-refractivity contribution is 7.80. The molecule has 2 aromatic rings. The smallest absolute Gasteiger partial charge is 0.171 e. The van der Waals surface area contributed by atoms with E-state index >= 15 is 0 Å². The van der Waals surface area contributed by atoms with Gasteiger partial charge in [-0.25, -0.2) is 0 Å². The number of nitrogens with one attached hydrogen (secondary N) is 2. The summed E-state index contributed by atoms with van der Waals surface area (Å²) in [5.41, 5.74) is 5.21. The maximum atomic E-state index is 5.50. The summed E-state index contributed by atoms with van der Waals surface area (Å²) < 4.78 is 0. The standard InChI is InChI=1S/C19H22N2S/c1-2-14-7-5-10-16(13-14)20-19(22)21-18-12-6-9-15-8-3-4-11-17(15)18/h3-5,7-8,10-11,13,18H,2,6,9,12H2,1H3,(H2,20,21,22)/t18-/m1/s1. The van der Waals surface area contributed by atoms with Gasteiger partial charge in [0.25, 0.3) is 0 Å². The van der Waals surface area contributed by atoms with Crippen LogP contribution in [-0.4, -0.2) is 5.11 Å². The number of rotatable bonds is 3. The molecule has 114 valence electrons. The maximum Gasteiger partial charge on any atom is 0.171 e. The van der Waals surface area contributed by atoms with Gasteiger partial charge in [-0.15, -0.1) is 0 Å². The third-order valence-electron chi connectivity index (χ3n) is 4.27. The van der Waals surface area contributed by atoms with E-state index in [0.717, 1.165) is 18.5 Å². The van der Waals surface area contributed by atoms with Gasteiger partial charge in [0, 0.05) is 5.69 Å². The van der Waals surface area contributed by atoms with Gasteiger partial charge < -0.3 is 10.6 Å². The molecule has 0 aromatic heterocycles. The molecule has 3 rings (SSSR count). The van der Waals surface area contributed by atoms with Crippen LogP contribution < -0.4 is 10.6 Å². The van der Waals surface area contributed by atoms with Crippen LogP contribution in [0.25, 0.3) is 0 Å². The number of hydrogen-bond acceptors (Lipinski definition) is 1. The molecule has 3 heteroatoms. The number of hydrogen-bond donors (Lipinski definition) is 2. The largest absolute Gasteiger partial charge is 0.356 e. The summed E-state index contributed by atoms with van der Waals surface area (Å²) in [7, 11) is 0. The number of anilines is 1. The maximum absolute atomic E-state index is 5.50. The molecule has 2 N–H and O–H groups in total. The third kappa shape index (κ3) is 3.47. The molecule has 0 fully saturated rings. The summed E-state index contributed by atoms with van der Waals surface area (Å²) in [6.07, 6.45) is 4.55. The Bertz CT molecular complexity index is 666. The highest BCUT2D eigenvalue weighted by Gasteiger charge is 2.20. The average Bonchev–Trinajstić information content (AvgIpc) is 2.55. The third-order valence-corrected chi connectivity index (χ3v) is 4.49. The fraction of sp³-hybridized carbons (Fsp3) is 0.316. The van der Waals surface area contributed by atoms with Gasteiger partial charge in [0.05, 0.1) is 6.04 Å². The first kappa shape index (κ1) is 15.0. The molecule has 0 amide bonds. The lowest BCUT2D eigenvalue weighted by Crippen LogP contribution is -2.34. The van der Waals surface area contributed by atoms with Gasteiger partial charge in [-0.1, -0.05) is 43.3 Å². The van der Waals surface area contributed by atoms with Crippen LogP contribution in [0.4, 0.5) is 5.69 Å². The van der Waals surface area contributed by atoms with Crippen LogP contribution in [-0.2, 0) is 12.8 Å². The normalized spacial score (nSPS) is 16.7. The van der Waals surface area contributed by atoms with E-state index in [4.69, 9.17) is 12.2 Å². The molecule has 0 heterocycles. The van der Waals surface area contributed by atoms with Gasteiger partial charge in [0.15, 0.2) is 5.11 Å². The minimum atomic E-state index is 0.319. The average molecular weight is 310 g/mol. The second-order valence-corrected chi connectivity index (χ2v) is 6.20. The molecule has 1 atom stereocenters. The van der Waals surface area contributed by atoms with E-state index in [0.29, 0.717) is 11.2 Å². The second-order valence-electron chi connectivity index (χ2n) is 5.80. The molecule has 0 saturated heterocycles. The van der Waals surface area contributed by atoms with Gasteiger partial charge in [-0.2, -0.15) is 0 Å². The Morgan fingerprint density at radius 1 is 1.18 bits per heavy atom. The van der Waals surface area contributed by atoms with Crippen molar-refractivity contribution in [1.29, 1.82) is 0 Å². The van der Waals surface area contributed by atoms with Crippen LogP contribution in [0.3, 0.4) is 0 Å². The first-order chi connectivity index (χ1) is 10.8. The molecule has 22 heavy (non-hydrogen) atoms. The van der Waals surface area contributed by atoms with Crippen molar-refractivity contribution in [3.63, 3.8) is 0 Å². The Labute approximate surface area is 137 Å². The summed E-state index contributed by atoms with van der Waals surface area (Å²) in [5.74, 6) is 0. The van der Waals surface area contributed by atoms with Crippen LogP contribution in [0.5, 0.6) is 0 Å². The quantitative estimate of drug-likeness (QED) is 0.809. The lowest BCUT2D eigenvalue weighted by molar-refractivity contribution is 0.529. The zero-order valence-corrected chi connectivity index (χ0v) is 13.7. The van der Waals surface area contributed by atoms with Crippen molar-refractivity contribution in [2.75, 3.05) is 5.32 Å². The minimum Gasteiger partial charge on any atom is -0.356 e. The zero-order valence-electron chi connectivity index (χ0n) is 12.9. The summed E-state index contributed by atoms with van der Waals surface area (Å²) in [6.45, 7) is 2.16. The molecule has 1 aliphatic rings. The molecule has 0 aliphatic heterocycles. The predicted molar refractivity (Wildman–Crippen MR) is 97.3 cm³/mol. The van der Waals surface area contributed by atoms with Gasteiger partial charge in [-0.3, -0.25) is 0 Å². The molecule has 0 bridgehead atoms. The van der Waals surface area contributed by atoms with Crippen molar-refractivity contribution in [2.24, 2.45) is 0 Å². The highest BCUT2D eigenvalue weighted by atomic mass is 32.1. The molecule has 2 aromatic carbocycles.